The van der Waals surface area contributed by atoms with E-state index in [4.69, 9.17) is 16.1 Å². The highest BCUT2D eigenvalue weighted by atomic mass is 35.5. The van der Waals surface area contributed by atoms with E-state index in [0.717, 1.165) is 18.4 Å². The van der Waals surface area contributed by atoms with Gasteiger partial charge >= 0.3 is 6.03 Å². The maximum atomic E-state index is 13.1. The zero-order valence-electron chi connectivity index (χ0n) is 15.2. The lowest BCUT2D eigenvalue weighted by molar-refractivity contribution is 0.193. The predicted molar refractivity (Wildman–Crippen MR) is 104 cm³/mol. The van der Waals surface area contributed by atoms with Crippen molar-refractivity contribution in [2.45, 2.75) is 25.8 Å². The normalized spacial score (nSPS) is 16.4. The Kier molecular flexibility index (Phi) is 5.00. The van der Waals surface area contributed by atoms with Gasteiger partial charge in [-0.2, -0.15) is 4.98 Å². The molecule has 4 rings (SSSR count). The average Bonchev–Trinajstić information content (AvgIpc) is 3.34. The van der Waals surface area contributed by atoms with Gasteiger partial charge < -0.3 is 14.7 Å². The molecule has 6 nitrogen and oxygen atoms in total. The number of benzene rings is 2. The molecule has 0 saturated carbocycles. The fourth-order valence-electron chi connectivity index (χ4n) is 3.22. The molecule has 144 valence electrons. The number of carbonyl (C=O) groups excluding carboxylic acids is 1. The smallest absolute Gasteiger partial charge is 0.322 e. The number of nitrogens with one attached hydrogen (secondary N) is 1. The number of likely N-dealkylation sites (tertiary alicyclic amines) is 1. The minimum Gasteiger partial charge on any atom is -0.337 e. The first-order valence-corrected chi connectivity index (χ1v) is 9.32. The summed E-state index contributed by atoms with van der Waals surface area (Å²) >= 11 is 6.13. The van der Waals surface area contributed by atoms with Gasteiger partial charge in [0.15, 0.2) is 0 Å². The summed E-state index contributed by atoms with van der Waals surface area (Å²) < 4.78 is 18.5. The molecule has 1 atom stereocenters. The van der Waals surface area contributed by atoms with E-state index < -0.39 is 0 Å². The maximum Gasteiger partial charge on any atom is 0.322 e. The molecular formula is C20H18ClFN4O2. The van der Waals surface area contributed by atoms with Crippen LogP contribution < -0.4 is 5.32 Å². The maximum absolute atomic E-state index is 13.1. The third-order valence-corrected chi connectivity index (χ3v) is 5.17. The van der Waals surface area contributed by atoms with Crippen molar-refractivity contribution in [1.29, 1.82) is 0 Å². The molecule has 0 unspecified atom stereocenters. The molecule has 1 aliphatic rings. The van der Waals surface area contributed by atoms with Crippen molar-refractivity contribution in [2.24, 2.45) is 0 Å². The first-order valence-electron chi connectivity index (χ1n) is 8.94. The van der Waals surface area contributed by atoms with Gasteiger partial charge in [-0.3, -0.25) is 0 Å². The number of hydrogen-bond acceptors (Lipinski definition) is 4. The highest BCUT2D eigenvalue weighted by Crippen LogP contribution is 2.33. The quantitative estimate of drug-likeness (QED) is 0.655. The van der Waals surface area contributed by atoms with Crippen molar-refractivity contribution in [2.75, 3.05) is 11.9 Å². The molecule has 0 bridgehead atoms. The first kappa shape index (κ1) is 18.4. The zero-order valence-corrected chi connectivity index (χ0v) is 15.9. The van der Waals surface area contributed by atoms with Gasteiger partial charge in [-0.1, -0.05) is 22.8 Å². The van der Waals surface area contributed by atoms with Crippen molar-refractivity contribution in [1.82, 2.24) is 15.0 Å². The largest absolute Gasteiger partial charge is 0.337 e. The molecule has 1 fully saturated rings. The highest BCUT2D eigenvalue weighted by Gasteiger charge is 2.34. The molecule has 1 saturated heterocycles. The van der Waals surface area contributed by atoms with E-state index in [1.165, 1.54) is 12.1 Å². The van der Waals surface area contributed by atoms with Crippen molar-refractivity contribution in [3.05, 3.63) is 64.8 Å². The van der Waals surface area contributed by atoms with Crippen molar-refractivity contribution in [3.63, 3.8) is 0 Å². The number of amides is 2. The summed E-state index contributed by atoms with van der Waals surface area (Å²) in [6, 6.07) is 10.7. The van der Waals surface area contributed by atoms with Crippen LogP contribution in [0.3, 0.4) is 0 Å². The lowest BCUT2D eigenvalue weighted by Crippen LogP contribution is -2.34. The average molecular weight is 401 g/mol. The van der Waals surface area contributed by atoms with Crippen LogP contribution >= 0.6 is 11.6 Å². The number of rotatable bonds is 3. The van der Waals surface area contributed by atoms with Gasteiger partial charge in [0, 0.05) is 22.8 Å². The van der Waals surface area contributed by atoms with Gasteiger partial charge in [0.2, 0.25) is 11.7 Å². The third kappa shape index (κ3) is 3.71. The van der Waals surface area contributed by atoms with E-state index in [2.05, 4.69) is 15.5 Å². The van der Waals surface area contributed by atoms with E-state index >= 15 is 0 Å². The van der Waals surface area contributed by atoms with Gasteiger partial charge in [-0.05, 0) is 61.7 Å². The van der Waals surface area contributed by atoms with Crippen molar-refractivity contribution in [3.8, 4) is 11.4 Å². The van der Waals surface area contributed by atoms with Crippen LogP contribution in [0.25, 0.3) is 11.4 Å². The summed E-state index contributed by atoms with van der Waals surface area (Å²) in [5.74, 6) is 0.406. The number of aromatic nitrogens is 2. The first-order chi connectivity index (χ1) is 13.5. The fourth-order valence-corrected chi connectivity index (χ4v) is 3.40. The van der Waals surface area contributed by atoms with Gasteiger partial charge in [0.05, 0.1) is 0 Å². The molecule has 2 heterocycles. The number of aryl methyl sites for hydroxylation is 1. The molecule has 0 aliphatic carbocycles. The summed E-state index contributed by atoms with van der Waals surface area (Å²) in [6.45, 7) is 2.49. The second-order valence-corrected chi connectivity index (χ2v) is 7.12. The van der Waals surface area contributed by atoms with Crippen LogP contribution in [0.5, 0.6) is 0 Å². The minimum absolute atomic E-state index is 0.246. The van der Waals surface area contributed by atoms with E-state index in [1.54, 1.807) is 23.1 Å². The molecule has 1 N–H and O–H groups in total. The Morgan fingerprint density at radius 1 is 1.29 bits per heavy atom. The van der Waals surface area contributed by atoms with Gasteiger partial charge in [0.1, 0.15) is 11.9 Å². The number of anilines is 1. The number of nitrogens with zero attached hydrogens (tertiary/aromatic N) is 3. The molecule has 2 aromatic carbocycles. The second-order valence-electron chi connectivity index (χ2n) is 6.71. The second kappa shape index (κ2) is 7.59. The molecule has 1 aromatic heterocycles. The summed E-state index contributed by atoms with van der Waals surface area (Å²) in [5.41, 5.74) is 2.22. The van der Waals surface area contributed by atoms with Gasteiger partial charge in [-0.25, -0.2) is 9.18 Å². The van der Waals surface area contributed by atoms with Crippen LogP contribution in [0.4, 0.5) is 14.9 Å². The molecular weight excluding hydrogens is 383 g/mol. The Bertz CT molecular complexity index is 1010. The van der Waals surface area contributed by atoms with Crippen LogP contribution in [0.1, 0.15) is 30.3 Å². The van der Waals surface area contributed by atoms with E-state index in [9.17, 15) is 9.18 Å². The van der Waals surface area contributed by atoms with Gasteiger partial charge in [-0.15, -0.1) is 0 Å². The number of urea groups is 1. The Labute approximate surface area is 166 Å². The highest BCUT2D eigenvalue weighted by molar-refractivity contribution is 6.31. The number of carbonyl (C=O) groups is 1. The van der Waals surface area contributed by atoms with Gasteiger partial charge in [0.25, 0.3) is 0 Å². The van der Waals surface area contributed by atoms with E-state index in [0.29, 0.717) is 34.5 Å². The zero-order chi connectivity index (χ0) is 19.7. The van der Waals surface area contributed by atoms with Crippen molar-refractivity contribution >= 4 is 23.3 Å². The molecule has 1 aliphatic heterocycles. The fraction of sp³-hybridized carbons (Fsp3) is 0.250. The topological polar surface area (TPSA) is 71.3 Å². The summed E-state index contributed by atoms with van der Waals surface area (Å²) in [5, 5.41) is 7.44. The Balaban J connectivity index is 1.51. The number of halogens is 2. The van der Waals surface area contributed by atoms with Crippen molar-refractivity contribution < 1.29 is 13.7 Å². The molecule has 2 amide bonds. The molecule has 0 radical (unpaired) electrons. The summed E-state index contributed by atoms with van der Waals surface area (Å²) in [4.78, 5) is 18.8. The van der Waals surface area contributed by atoms with E-state index in [-0.39, 0.29) is 17.9 Å². The van der Waals surface area contributed by atoms with Crippen LogP contribution in [0.15, 0.2) is 47.0 Å². The Hall–Kier alpha value is -2.93. The Morgan fingerprint density at radius 3 is 2.82 bits per heavy atom. The van der Waals surface area contributed by atoms with Crippen LogP contribution in [0, 0.1) is 12.7 Å². The van der Waals surface area contributed by atoms with Crippen LogP contribution in [-0.4, -0.2) is 27.6 Å². The van der Waals surface area contributed by atoms with Crippen LogP contribution in [0.2, 0.25) is 5.02 Å². The number of hydrogen-bond donors (Lipinski definition) is 1. The van der Waals surface area contributed by atoms with Crippen LogP contribution in [-0.2, 0) is 0 Å². The third-order valence-electron chi connectivity index (χ3n) is 4.77. The molecule has 3 aromatic rings. The molecule has 28 heavy (non-hydrogen) atoms. The molecule has 8 heteroatoms. The lowest BCUT2D eigenvalue weighted by atomic mass is 10.2. The summed E-state index contributed by atoms with van der Waals surface area (Å²) in [6.07, 6.45) is 1.56. The molecule has 0 spiro atoms. The lowest BCUT2D eigenvalue weighted by Gasteiger charge is -2.22. The summed E-state index contributed by atoms with van der Waals surface area (Å²) in [7, 11) is 0. The minimum atomic E-state index is -0.331. The predicted octanol–water partition coefficient (Wildman–Crippen LogP) is 5.21. The monoisotopic (exact) mass is 400 g/mol. The van der Waals surface area contributed by atoms with E-state index in [1.807, 2.05) is 19.1 Å². The SMILES string of the molecule is Cc1ccc(NC(=O)N2CCC[C@H]2c2nc(-c3ccc(F)cc3)no2)cc1Cl. The standard InChI is InChI=1S/C20H18ClFN4O2/c1-12-4-9-15(11-16(12)21)23-20(27)26-10-2-3-17(26)19-24-18(25-28-19)13-5-7-14(22)8-6-13/h4-9,11,17H,2-3,10H2,1H3,(H,23,27)/t17-/m0/s1. The Morgan fingerprint density at radius 2 is 2.07 bits per heavy atom.